The number of nitro groups is 1. The molecule has 1 fully saturated rings. The average molecular weight is 420 g/mol. The van der Waals surface area contributed by atoms with E-state index in [2.05, 4.69) is 27.1 Å². The van der Waals surface area contributed by atoms with Gasteiger partial charge in [0.25, 0.3) is 0 Å². The summed E-state index contributed by atoms with van der Waals surface area (Å²) in [5.74, 6) is 1.93. The van der Waals surface area contributed by atoms with E-state index < -0.39 is 4.92 Å². The smallest absolute Gasteiger partial charge is 0.353 e. The SMILES string of the molecule is CCN1CCN(c2ncnc(Nc3ccc(Oc4ccccc4)cc3)c2[N+](=O)[O-])CC1. The molecule has 0 atom stereocenters. The first-order valence-electron chi connectivity index (χ1n) is 10.2. The summed E-state index contributed by atoms with van der Waals surface area (Å²) >= 11 is 0. The minimum Gasteiger partial charge on any atom is -0.457 e. The maximum atomic E-state index is 11.9. The van der Waals surface area contributed by atoms with E-state index in [-0.39, 0.29) is 11.5 Å². The quantitative estimate of drug-likeness (QED) is 0.451. The van der Waals surface area contributed by atoms with Crippen molar-refractivity contribution in [1.82, 2.24) is 14.9 Å². The number of aromatic nitrogens is 2. The van der Waals surface area contributed by atoms with Crippen molar-refractivity contribution in [1.29, 1.82) is 0 Å². The summed E-state index contributed by atoms with van der Waals surface area (Å²) in [6, 6.07) is 16.7. The highest BCUT2D eigenvalue weighted by molar-refractivity contribution is 5.74. The summed E-state index contributed by atoms with van der Waals surface area (Å²) in [7, 11) is 0. The third-order valence-corrected chi connectivity index (χ3v) is 5.20. The van der Waals surface area contributed by atoms with Crippen LogP contribution < -0.4 is 15.0 Å². The second-order valence-corrected chi connectivity index (χ2v) is 7.14. The van der Waals surface area contributed by atoms with Crippen molar-refractivity contribution in [2.45, 2.75) is 6.92 Å². The van der Waals surface area contributed by atoms with Crippen molar-refractivity contribution in [3.8, 4) is 11.5 Å². The van der Waals surface area contributed by atoms with Crippen molar-refractivity contribution in [3.63, 3.8) is 0 Å². The van der Waals surface area contributed by atoms with Crippen LogP contribution in [-0.4, -0.2) is 52.5 Å². The minimum atomic E-state index is -0.420. The predicted octanol–water partition coefficient (Wildman–Crippen LogP) is 4.06. The van der Waals surface area contributed by atoms with Crippen LogP contribution in [-0.2, 0) is 0 Å². The van der Waals surface area contributed by atoms with Crippen molar-refractivity contribution < 1.29 is 9.66 Å². The Kier molecular flexibility index (Phi) is 6.23. The Labute approximate surface area is 180 Å². The number of benzene rings is 2. The molecular formula is C22H24N6O3. The fraction of sp³-hybridized carbons (Fsp3) is 0.273. The van der Waals surface area contributed by atoms with Gasteiger partial charge in [-0.3, -0.25) is 10.1 Å². The van der Waals surface area contributed by atoms with Gasteiger partial charge in [-0.25, -0.2) is 9.97 Å². The Morgan fingerprint density at radius 3 is 2.32 bits per heavy atom. The standard InChI is InChI=1S/C22H24N6O3/c1-2-26-12-14-27(15-13-26)22-20(28(29)30)21(23-16-24-22)25-17-8-10-19(11-9-17)31-18-6-4-3-5-7-18/h3-11,16H,2,12-15H2,1H3,(H,23,24,25). The number of piperazine rings is 1. The zero-order valence-corrected chi connectivity index (χ0v) is 17.3. The monoisotopic (exact) mass is 420 g/mol. The molecule has 0 amide bonds. The molecule has 1 aromatic heterocycles. The van der Waals surface area contributed by atoms with E-state index in [1.807, 2.05) is 35.2 Å². The van der Waals surface area contributed by atoms with Crippen LogP contribution in [0.4, 0.5) is 23.0 Å². The molecule has 2 aromatic carbocycles. The highest BCUT2D eigenvalue weighted by atomic mass is 16.6. The summed E-state index contributed by atoms with van der Waals surface area (Å²) in [6.45, 7) is 6.16. The van der Waals surface area contributed by atoms with E-state index in [0.29, 0.717) is 30.3 Å². The zero-order valence-electron chi connectivity index (χ0n) is 17.3. The van der Waals surface area contributed by atoms with Crippen LogP contribution in [0.3, 0.4) is 0 Å². The zero-order chi connectivity index (χ0) is 21.6. The van der Waals surface area contributed by atoms with Gasteiger partial charge in [0.1, 0.15) is 17.8 Å². The first kappa shape index (κ1) is 20.5. The molecule has 160 valence electrons. The number of hydrogen-bond acceptors (Lipinski definition) is 8. The Morgan fingerprint density at radius 1 is 1.00 bits per heavy atom. The maximum absolute atomic E-state index is 11.9. The molecule has 0 spiro atoms. The highest BCUT2D eigenvalue weighted by Gasteiger charge is 2.29. The molecule has 0 unspecified atom stereocenters. The second kappa shape index (κ2) is 9.40. The Balaban J connectivity index is 1.52. The summed E-state index contributed by atoms with van der Waals surface area (Å²) in [6.07, 6.45) is 1.36. The number of nitrogens with zero attached hydrogens (tertiary/aromatic N) is 5. The van der Waals surface area contributed by atoms with Crippen LogP contribution in [0.5, 0.6) is 11.5 Å². The van der Waals surface area contributed by atoms with E-state index in [1.54, 1.807) is 24.3 Å². The van der Waals surface area contributed by atoms with Gasteiger partial charge >= 0.3 is 5.69 Å². The second-order valence-electron chi connectivity index (χ2n) is 7.14. The lowest BCUT2D eigenvalue weighted by Crippen LogP contribution is -2.46. The molecule has 9 nitrogen and oxygen atoms in total. The number of nitrogens with one attached hydrogen (secondary N) is 1. The van der Waals surface area contributed by atoms with Gasteiger partial charge in [-0.05, 0) is 42.9 Å². The molecule has 1 N–H and O–H groups in total. The number of anilines is 3. The molecule has 2 heterocycles. The van der Waals surface area contributed by atoms with Gasteiger partial charge < -0.3 is 19.9 Å². The van der Waals surface area contributed by atoms with Gasteiger partial charge in [-0.1, -0.05) is 25.1 Å². The molecule has 1 aliphatic heterocycles. The summed E-state index contributed by atoms with van der Waals surface area (Å²) in [4.78, 5) is 24.1. The number of para-hydroxylation sites is 1. The van der Waals surface area contributed by atoms with Crippen LogP contribution in [0.1, 0.15) is 6.92 Å². The fourth-order valence-electron chi connectivity index (χ4n) is 3.50. The molecule has 0 radical (unpaired) electrons. The fourth-order valence-corrected chi connectivity index (χ4v) is 3.50. The normalized spacial score (nSPS) is 14.3. The van der Waals surface area contributed by atoms with Gasteiger partial charge in [0.05, 0.1) is 4.92 Å². The molecule has 1 saturated heterocycles. The molecule has 4 rings (SSSR count). The van der Waals surface area contributed by atoms with Gasteiger partial charge in [0, 0.05) is 31.9 Å². The largest absolute Gasteiger partial charge is 0.457 e. The van der Waals surface area contributed by atoms with Crippen molar-refractivity contribution in [3.05, 3.63) is 71.0 Å². The number of ether oxygens (including phenoxy) is 1. The maximum Gasteiger partial charge on any atom is 0.353 e. The van der Waals surface area contributed by atoms with Gasteiger partial charge in [0.2, 0.25) is 11.6 Å². The predicted molar refractivity (Wildman–Crippen MR) is 119 cm³/mol. The van der Waals surface area contributed by atoms with Gasteiger partial charge in [-0.2, -0.15) is 0 Å². The summed E-state index contributed by atoms with van der Waals surface area (Å²) < 4.78 is 5.79. The molecule has 31 heavy (non-hydrogen) atoms. The molecule has 1 aliphatic rings. The van der Waals surface area contributed by atoms with E-state index in [1.165, 1.54) is 6.33 Å². The van der Waals surface area contributed by atoms with Crippen LogP contribution in [0.15, 0.2) is 60.9 Å². The van der Waals surface area contributed by atoms with Gasteiger partial charge in [0.15, 0.2) is 0 Å². The lowest BCUT2D eigenvalue weighted by Gasteiger charge is -2.34. The van der Waals surface area contributed by atoms with Crippen molar-refractivity contribution >= 4 is 23.0 Å². The van der Waals surface area contributed by atoms with E-state index in [4.69, 9.17) is 4.74 Å². The number of likely N-dealkylation sites (N-methyl/N-ethyl adjacent to an activating group) is 1. The lowest BCUT2D eigenvalue weighted by molar-refractivity contribution is -0.383. The first-order valence-corrected chi connectivity index (χ1v) is 10.2. The van der Waals surface area contributed by atoms with Crippen molar-refractivity contribution in [2.75, 3.05) is 42.9 Å². The molecule has 0 bridgehead atoms. The van der Waals surface area contributed by atoms with Crippen LogP contribution >= 0.6 is 0 Å². The molecule has 0 saturated carbocycles. The van der Waals surface area contributed by atoms with Crippen molar-refractivity contribution in [2.24, 2.45) is 0 Å². The first-order chi connectivity index (χ1) is 15.1. The minimum absolute atomic E-state index is 0.114. The lowest BCUT2D eigenvalue weighted by atomic mass is 10.2. The molecule has 9 heteroatoms. The van der Waals surface area contributed by atoms with Crippen LogP contribution in [0.25, 0.3) is 0 Å². The summed E-state index contributed by atoms with van der Waals surface area (Å²) in [5.41, 5.74) is 0.557. The van der Waals surface area contributed by atoms with E-state index >= 15 is 0 Å². The summed E-state index contributed by atoms with van der Waals surface area (Å²) in [5, 5.41) is 14.9. The number of hydrogen-bond donors (Lipinski definition) is 1. The Hall–Kier alpha value is -3.72. The molecular weight excluding hydrogens is 396 g/mol. The molecule has 3 aromatic rings. The molecule has 0 aliphatic carbocycles. The topological polar surface area (TPSA) is 96.7 Å². The number of rotatable bonds is 7. The van der Waals surface area contributed by atoms with E-state index in [9.17, 15) is 10.1 Å². The third kappa shape index (κ3) is 4.89. The third-order valence-electron chi connectivity index (χ3n) is 5.20. The van der Waals surface area contributed by atoms with Crippen LogP contribution in [0.2, 0.25) is 0 Å². The van der Waals surface area contributed by atoms with E-state index in [0.717, 1.165) is 25.4 Å². The average Bonchev–Trinajstić information content (AvgIpc) is 2.81. The Morgan fingerprint density at radius 2 is 1.68 bits per heavy atom. The van der Waals surface area contributed by atoms with Crippen LogP contribution in [0, 0.1) is 10.1 Å². The Bertz CT molecular complexity index is 1020. The highest BCUT2D eigenvalue weighted by Crippen LogP contribution is 2.34. The van der Waals surface area contributed by atoms with Gasteiger partial charge in [-0.15, -0.1) is 0 Å².